The van der Waals surface area contributed by atoms with E-state index in [1.807, 2.05) is 0 Å². The van der Waals surface area contributed by atoms with E-state index >= 15 is 0 Å². The van der Waals surface area contributed by atoms with Gasteiger partial charge in [-0.1, -0.05) is 0 Å². The van der Waals surface area contributed by atoms with Crippen LogP contribution in [0.25, 0.3) is 0 Å². The molecule has 0 saturated carbocycles. The maximum Gasteiger partial charge on any atom is 0.407 e. The molecule has 1 saturated heterocycles. The number of carboxylic acids is 1. The van der Waals surface area contributed by atoms with Gasteiger partial charge in [-0.05, 0) is 33.6 Å². The van der Waals surface area contributed by atoms with Crippen molar-refractivity contribution in [2.75, 3.05) is 6.61 Å². The molecule has 1 aliphatic heterocycles. The second-order valence-electron chi connectivity index (χ2n) is 5.02. The number of hydrogen-bond acceptors (Lipinski definition) is 4. The molecule has 0 bridgehead atoms. The molecule has 6 heteroatoms. The summed E-state index contributed by atoms with van der Waals surface area (Å²) in [7, 11) is 0. The number of carboxylic acid groups (broad SMARTS) is 1. The fourth-order valence-corrected chi connectivity index (χ4v) is 1.63. The van der Waals surface area contributed by atoms with Gasteiger partial charge in [0.1, 0.15) is 5.60 Å². The van der Waals surface area contributed by atoms with Crippen molar-refractivity contribution in [2.24, 2.45) is 0 Å². The number of ether oxygens (including phenoxy) is 2. The largest absolute Gasteiger partial charge is 0.479 e. The van der Waals surface area contributed by atoms with E-state index in [4.69, 9.17) is 14.6 Å². The number of rotatable bonds is 2. The number of hydrogen-bond donors (Lipinski definition) is 2. The smallest absolute Gasteiger partial charge is 0.407 e. The van der Waals surface area contributed by atoms with Crippen LogP contribution in [-0.2, 0) is 14.3 Å². The topological polar surface area (TPSA) is 84.9 Å². The zero-order valence-electron chi connectivity index (χ0n) is 10.4. The molecule has 0 radical (unpaired) electrons. The van der Waals surface area contributed by atoms with Crippen molar-refractivity contribution < 1.29 is 24.2 Å². The Balaban J connectivity index is 2.53. The standard InChI is InChI=1S/C11H19NO5/c1-11(2,3)17-10(15)12-7-5-4-6-16-8(7)9(13)14/h7-8H,4-6H2,1-3H3,(H,12,15)(H,13,14). The molecule has 17 heavy (non-hydrogen) atoms. The van der Waals surface area contributed by atoms with Crippen LogP contribution in [0.2, 0.25) is 0 Å². The number of carbonyl (C=O) groups is 2. The van der Waals surface area contributed by atoms with Crippen molar-refractivity contribution in [3.05, 3.63) is 0 Å². The lowest BCUT2D eigenvalue weighted by molar-refractivity contribution is -0.155. The van der Waals surface area contributed by atoms with E-state index in [-0.39, 0.29) is 0 Å². The molecular formula is C11H19NO5. The molecule has 0 aromatic heterocycles. The van der Waals surface area contributed by atoms with Crippen LogP contribution < -0.4 is 5.32 Å². The minimum Gasteiger partial charge on any atom is -0.479 e. The van der Waals surface area contributed by atoms with Gasteiger partial charge >= 0.3 is 12.1 Å². The zero-order chi connectivity index (χ0) is 13.1. The first-order valence-corrected chi connectivity index (χ1v) is 5.63. The quantitative estimate of drug-likeness (QED) is 0.762. The highest BCUT2D eigenvalue weighted by Gasteiger charge is 2.34. The Kier molecular flexibility index (Phi) is 4.34. The zero-order valence-corrected chi connectivity index (χ0v) is 10.4. The average molecular weight is 245 g/mol. The molecule has 1 heterocycles. The van der Waals surface area contributed by atoms with Crippen molar-refractivity contribution in [3.63, 3.8) is 0 Å². The maximum atomic E-state index is 11.5. The predicted molar refractivity (Wildman–Crippen MR) is 59.8 cm³/mol. The van der Waals surface area contributed by atoms with Gasteiger partial charge in [0, 0.05) is 6.61 Å². The second kappa shape index (κ2) is 5.35. The number of alkyl carbamates (subject to hydrolysis) is 1. The number of carbonyl (C=O) groups excluding carboxylic acids is 1. The molecule has 1 fully saturated rings. The van der Waals surface area contributed by atoms with Crippen molar-refractivity contribution in [1.82, 2.24) is 5.32 Å². The van der Waals surface area contributed by atoms with Crippen LogP contribution in [0.1, 0.15) is 33.6 Å². The fraction of sp³-hybridized carbons (Fsp3) is 0.818. The lowest BCUT2D eigenvalue weighted by Crippen LogP contribution is -2.51. The van der Waals surface area contributed by atoms with Gasteiger partial charge in [0.15, 0.2) is 6.10 Å². The van der Waals surface area contributed by atoms with Crippen molar-refractivity contribution in [3.8, 4) is 0 Å². The summed E-state index contributed by atoms with van der Waals surface area (Å²) in [6, 6.07) is -0.531. The lowest BCUT2D eigenvalue weighted by Gasteiger charge is -2.30. The molecule has 1 amide bonds. The van der Waals surface area contributed by atoms with E-state index in [9.17, 15) is 9.59 Å². The summed E-state index contributed by atoms with van der Waals surface area (Å²) in [5.74, 6) is -1.06. The first-order chi connectivity index (χ1) is 7.79. The summed E-state index contributed by atoms with van der Waals surface area (Å²) in [6.07, 6.45) is -0.295. The van der Waals surface area contributed by atoms with Crippen molar-refractivity contribution >= 4 is 12.1 Å². The molecule has 0 aromatic rings. The third-order valence-electron chi connectivity index (χ3n) is 2.27. The lowest BCUT2D eigenvalue weighted by atomic mass is 10.0. The molecule has 2 atom stereocenters. The molecule has 1 rings (SSSR count). The molecule has 0 aromatic carbocycles. The first kappa shape index (κ1) is 13.8. The number of amides is 1. The summed E-state index contributed by atoms with van der Waals surface area (Å²) in [5, 5.41) is 11.5. The second-order valence-corrected chi connectivity index (χ2v) is 5.02. The summed E-state index contributed by atoms with van der Waals surface area (Å²) in [5.41, 5.74) is -0.599. The maximum absolute atomic E-state index is 11.5. The van der Waals surface area contributed by atoms with Gasteiger partial charge in [-0.3, -0.25) is 0 Å². The molecule has 2 N–H and O–H groups in total. The van der Waals surface area contributed by atoms with Crippen LogP contribution >= 0.6 is 0 Å². The average Bonchev–Trinajstić information content (AvgIpc) is 2.14. The summed E-state index contributed by atoms with van der Waals surface area (Å²) >= 11 is 0. The van der Waals surface area contributed by atoms with E-state index in [0.29, 0.717) is 13.0 Å². The highest BCUT2D eigenvalue weighted by Crippen LogP contribution is 2.15. The monoisotopic (exact) mass is 245 g/mol. The normalized spacial score (nSPS) is 25.1. The van der Waals surface area contributed by atoms with Gasteiger partial charge in [-0.25, -0.2) is 9.59 Å². The minimum atomic E-state index is -1.06. The summed E-state index contributed by atoms with van der Waals surface area (Å²) < 4.78 is 10.2. The minimum absolute atomic E-state index is 0.406. The van der Waals surface area contributed by atoms with Gasteiger partial charge in [-0.15, -0.1) is 0 Å². The van der Waals surface area contributed by atoms with Crippen LogP contribution in [-0.4, -0.2) is 41.5 Å². The fourth-order valence-electron chi connectivity index (χ4n) is 1.63. The van der Waals surface area contributed by atoms with Crippen molar-refractivity contribution in [1.29, 1.82) is 0 Å². The molecule has 98 valence electrons. The molecule has 2 unspecified atom stereocenters. The molecule has 1 aliphatic rings. The van der Waals surface area contributed by atoms with Gasteiger partial charge in [0.2, 0.25) is 0 Å². The summed E-state index contributed by atoms with van der Waals surface area (Å²) in [4.78, 5) is 22.4. The number of aliphatic carboxylic acids is 1. The molecule has 0 aliphatic carbocycles. The molecule has 6 nitrogen and oxygen atoms in total. The summed E-state index contributed by atoms with van der Waals surface area (Å²) in [6.45, 7) is 5.65. The van der Waals surface area contributed by atoms with E-state index in [2.05, 4.69) is 5.32 Å². The van der Waals surface area contributed by atoms with Crippen LogP contribution in [0.15, 0.2) is 0 Å². The predicted octanol–water partition coefficient (Wildman–Crippen LogP) is 1.14. The van der Waals surface area contributed by atoms with Crippen LogP contribution in [0, 0.1) is 0 Å². The van der Waals surface area contributed by atoms with E-state index in [0.717, 1.165) is 6.42 Å². The van der Waals surface area contributed by atoms with E-state index in [1.165, 1.54) is 0 Å². The van der Waals surface area contributed by atoms with Crippen LogP contribution in [0.3, 0.4) is 0 Å². The third kappa shape index (κ3) is 4.60. The highest BCUT2D eigenvalue weighted by atomic mass is 16.6. The van der Waals surface area contributed by atoms with Gasteiger partial charge in [0.05, 0.1) is 6.04 Å². The van der Waals surface area contributed by atoms with Gasteiger partial charge < -0.3 is 19.9 Å². The van der Waals surface area contributed by atoms with Crippen LogP contribution in [0.4, 0.5) is 4.79 Å². The molecular weight excluding hydrogens is 226 g/mol. The Labute approximate surface area is 100 Å². The third-order valence-corrected chi connectivity index (χ3v) is 2.27. The number of nitrogens with one attached hydrogen (secondary N) is 1. The SMILES string of the molecule is CC(C)(C)OC(=O)NC1CCCOC1C(=O)O. The Morgan fingerprint density at radius 3 is 2.59 bits per heavy atom. The molecule has 0 spiro atoms. The van der Waals surface area contributed by atoms with Gasteiger partial charge in [-0.2, -0.15) is 0 Å². The van der Waals surface area contributed by atoms with E-state index in [1.54, 1.807) is 20.8 Å². The highest BCUT2D eigenvalue weighted by molar-refractivity contribution is 5.75. The Hall–Kier alpha value is -1.30. The van der Waals surface area contributed by atoms with Crippen molar-refractivity contribution in [2.45, 2.75) is 51.4 Å². The Bertz CT molecular complexity index is 297. The van der Waals surface area contributed by atoms with Crippen LogP contribution in [0.5, 0.6) is 0 Å². The Morgan fingerprint density at radius 1 is 1.41 bits per heavy atom. The Morgan fingerprint density at radius 2 is 2.06 bits per heavy atom. The van der Waals surface area contributed by atoms with Gasteiger partial charge in [0.25, 0.3) is 0 Å². The first-order valence-electron chi connectivity index (χ1n) is 5.63. The van der Waals surface area contributed by atoms with E-state index < -0.39 is 29.8 Å².